The van der Waals surface area contributed by atoms with Crippen molar-refractivity contribution in [2.24, 2.45) is 5.92 Å². The molecule has 3 rings (SSSR count). The fraction of sp³-hybridized carbons (Fsp3) is 0.320. The standard InChI is InChI=1S/C25H29N3O3/c1-26-24(30)21-11-8-20(9-12-21)18-27(2)25(31)22-14-16-28(17-15-22)23(29)13-10-19-6-4-3-5-7-19/h3-13,22H,14-18H2,1-2H3,(H,26,30). The number of piperidine rings is 1. The Morgan fingerprint density at radius 2 is 1.68 bits per heavy atom. The zero-order chi connectivity index (χ0) is 22.2. The van der Waals surface area contributed by atoms with Crippen molar-refractivity contribution < 1.29 is 14.4 Å². The summed E-state index contributed by atoms with van der Waals surface area (Å²) in [5.41, 5.74) is 2.56. The van der Waals surface area contributed by atoms with Crippen LogP contribution < -0.4 is 5.32 Å². The van der Waals surface area contributed by atoms with Crippen LogP contribution in [0.1, 0.15) is 34.3 Å². The van der Waals surface area contributed by atoms with Crippen molar-refractivity contribution in [1.29, 1.82) is 0 Å². The number of amides is 3. The van der Waals surface area contributed by atoms with Gasteiger partial charge in [0.25, 0.3) is 5.91 Å². The highest BCUT2D eigenvalue weighted by Gasteiger charge is 2.28. The molecule has 0 bridgehead atoms. The van der Waals surface area contributed by atoms with Crippen molar-refractivity contribution in [3.63, 3.8) is 0 Å². The number of likely N-dealkylation sites (tertiary alicyclic amines) is 1. The van der Waals surface area contributed by atoms with E-state index in [4.69, 9.17) is 0 Å². The van der Waals surface area contributed by atoms with Gasteiger partial charge in [-0.05, 0) is 42.2 Å². The van der Waals surface area contributed by atoms with Crippen LogP contribution in [0.5, 0.6) is 0 Å². The first-order valence-electron chi connectivity index (χ1n) is 10.6. The Kier molecular flexibility index (Phi) is 7.60. The van der Waals surface area contributed by atoms with Crippen LogP contribution in [-0.4, -0.2) is 54.7 Å². The Morgan fingerprint density at radius 3 is 2.29 bits per heavy atom. The minimum absolute atomic E-state index is 0.0145. The molecule has 1 heterocycles. The minimum Gasteiger partial charge on any atom is -0.355 e. The molecule has 0 aromatic heterocycles. The molecular weight excluding hydrogens is 390 g/mol. The van der Waals surface area contributed by atoms with Crippen LogP contribution >= 0.6 is 0 Å². The van der Waals surface area contributed by atoms with Crippen LogP contribution in [-0.2, 0) is 16.1 Å². The molecule has 1 aliphatic rings. The molecular formula is C25H29N3O3. The summed E-state index contributed by atoms with van der Waals surface area (Å²) in [5.74, 6) is -0.116. The van der Waals surface area contributed by atoms with Crippen LogP contribution in [0.15, 0.2) is 60.7 Å². The number of hydrogen-bond donors (Lipinski definition) is 1. The fourth-order valence-corrected chi connectivity index (χ4v) is 3.75. The Hall–Kier alpha value is -3.41. The molecule has 3 amide bonds. The van der Waals surface area contributed by atoms with Gasteiger partial charge in [-0.1, -0.05) is 42.5 Å². The van der Waals surface area contributed by atoms with E-state index in [9.17, 15) is 14.4 Å². The highest BCUT2D eigenvalue weighted by atomic mass is 16.2. The summed E-state index contributed by atoms with van der Waals surface area (Å²) in [6.45, 7) is 1.66. The number of carbonyl (C=O) groups excluding carboxylic acids is 3. The summed E-state index contributed by atoms with van der Waals surface area (Å²) in [7, 11) is 3.40. The van der Waals surface area contributed by atoms with E-state index in [-0.39, 0.29) is 23.6 Å². The summed E-state index contributed by atoms with van der Waals surface area (Å²) >= 11 is 0. The smallest absolute Gasteiger partial charge is 0.251 e. The van der Waals surface area contributed by atoms with Gasteiger partial charge in [0.1, 0.15) is 0 Å². The van der Waals surface area contributed by atoms with Crippen molar-refractivity contribution in [3.05, 3.63) is 77.4 Å². The topological polar surface area (TPSA) is 69.7 Å². The molecule has 6 nitrogen and oxygen atoms in total. The number of nitrogens with zero attached hydrogens (tertiary/aromatic N) is 2. The van der Waals surface area contributed by atoms with E-state index < -0.39 is 0 Å². The molecule has 1 saturated heterocycles. The summed E-state index contributed by atoms with van der Waals surface area (Å²) < 4.78 is 0. The first-order chi connectivity index (χ1) is 15.0. The maximum atomic E-state index is 12.9. The van der Waals surface area contributed by atoms with Crippen molar-refractivity contribution in [3.8, 4) is 0 Å². The number of nitrogens with one attached hydrogen (secondary N) is 1. The Labute approximate surface area is 183 Å². The third-order valence-corrected chi connectivity index (χ3v) is 5.61. The lowest BCUT2D eigenvalue weighted by Gasteiger charge is -2.32. The summed E-state index contributed by atoms with van der Waals surface area (Å²) in [6, 6.07) is 17.0. The maximum Gasteiger partial charge on any atom is 0.251 e. The van der Waals surface area contributed by atoms with Gasteiger partial charge in [-0.2, -0.15) is 0 Å². The van der Waals surface area contributed by atoms with E-state index in [2.05, 4.69) is 5.32 Å². The number of carbonyl (C=O) groups is 3. The molecule has 1 aliphatic heterocycles. The zero-order valence-electron chi connectivity index (χ0n) is 18.1. The van der Waals surface area contributed by atoms with Crippen molar-refractivity contribution in [2.75, 3.05) is 27.2 Å². The molecule has 0 saturated carbocycles. The van der Waals surface area contributed by atoms with Gasteiger partial charge >= 0.3 is 0 Å². The van der Waals surface area contributed by atoms with Crippen LogP contribution in [0.3, 0.4) is 0 Å². The van der Waals surface area contributed by atoms with E-state index in [1.54, 1.807) is 42.1 Å². The van der Waals surface area contributed by atoms with Crippen LogP contribution in [0.25, 0.3) is 6.08 Å². The first-order valence-corrected chi connectivity index (χ1v) is 10.6. The highest BCUT2D eigenvalue weighted by Crippen LogP contribution is 2.21. The average molecular weight is 420 g/mol. The summed E-state index contributed by atoms with van der Waals surface area (Å²) in [5, 5.41) is 2.59. The summed E-state index contributed by atoms with van der Waals surface area (Å²) in [4.78, 5) is 40.5. The molecule has 1 N–H and O–H groups in total. The number of hydrogen-bond acceptors (Lipinski definition) is 3. The lowest BCUT2D eigenvalue weighted by molar-refractivity contribution is -0.138. The van der Waals surface area contributed by atoms with E-state index in [1.165, 1.54) is 0 Å². The van der Waals surface area contributed by atoms with E-state index in [0.717, 1.165) is 11.1 Å². The van der Waals surface area contributed by atoms with Gasteiger partial charge in [0.2, 0.25) is 11.8 Å². The van der Waals surface area contributed by atoms with Gasteiger partial charge in [0, 0.05) is 51.3 Å². The predicted molar refractivity (Wildman–Crippen MR) is 121 cm³/mol. The largest absolute Gasteiger partial charge is 0.355 e. The van der Waals surface area contributed by atoms with Crippen molar-refractivity contribution in [1.82, 2.24) is 15.1 Å². The molecule has 6 heteroatoms. The van der Waals surface area contributed by atoms with Crippen molar-refractivity contribution in [2.45, 2.75) is 19.4 Å². The predicted octanol–water partition coefficient (Wildman–Crippen LogP) is 2.96. The second-order valence-electron chi connectivity index (χ2n) is 7.81. The fourth-order valence-electron chi connectivity index (χ4n) is 3.75. The SMILES string of the molecule is CNC(=O)c1ccc(CN(C)C(=O)C2CCN(C(=O)C=Cc3ccccc3)CC2)cc1. The molecule has 1 fully saturated rings. The second kappa shape index (κ2) is 10.6. The third-order valence-electron chi connectivity index (χ3n) is 5.61. The molecule has 2 aromatic carbocycles. The Bertz CT molecular complexity index is 930. The Balaban J connectivity index is 1.48. The lowest BCUT2D eigenvalue weighted by Crippen LogP contribution is -2.42. The second-order valence-corrected chi connectivity index (χ2v) is 7.81. The van der Waals surface area contributed by atoms with E-state index in [0.29, 0.717) is 38.0 Å². The van der Waals surface area contributed by atoms with Gasteiger partial charge in [0.05, 0.1) is 0 Å². The average Bonchev–Trinajstić information content (AvgIpc) is 2.82. The van der Waals surface area contributed by atoms with Crippen LogP contribution in [0, 0.1) is 5.92 Å². The van der Waals surface area contributed by atoms with Gasteiger partial charge in [-0.3, -0.25) is 14.4 Å². The molecule has 2 aromatic rings. The Morgan fingerprint density at radius 1 is 1.03 bits per heavy atom. The highest BCUT2D eigenvalue weighted by molar-refractivity contribution is 5.94. The van der Waals surface area contributed by atoms with Gasteiger partial charge in [-0.15, -0.1) is 0 Å². The molecule has 0 aliphatic carbocycles. The summed E-state index contributed by atoms with van der Waals surface area (Å²) in [6.07, 6.45) is 4.77. The monoisotopic (exact) mass is 419 g/mol. The van der Waals surface area contributed by atoms with Crippen molar-refractivity contribution >= 4 is 23.8 Å². The van der Waals surface area contributed by atoms with Crippen LogP contribution in [0.2, 0.25) is 0 Å². The van der Waals surface area contributed by atoms with Gasteiger partial charge < -0.3 is 15.1 Å². The first kappa shape index (κ1) is 22.3. The quantitative estimate of drug-likeness (QED) is 0.732. The molecule has 0 unspecified atom stereocenters. The maximum absolute atomic E-state index is 12.9. The van der Waals surface area contributed by atoms with Crippen LogP contribution in [0.4, 0.5) is 0 Å². The van der Waals surface area contributed by atoms with Gasteiger partial charge in [-0.25, -0.2) is 0 Å². The minimum atomic E-state index is -0.129. The third kappa shape index (κ3) is 6.04. The molecule has 0 atom stereocenters. The van der Waals surface area contributed by atoms with E-state index >= 15 is 0 Å². The number of rotatable bonds is 6. The lowest BCUT2D eigenvalue weighted by atomic mass is 9.95. The number of benzene rings is 2. The normalized spacial score (nSPS) is 14.5. The molecule has 0 radical (unpaired) electrons. The van der Waals surface area contributed by atoms with E-state index in [1.807, 2.05) is 48.5 Å². The zero-order valence-corrected chi connectivity index (χ0v) is 18.1. The molecule has 31 heavy (non-hydrogen) atoms. The molecule has 0 spiro atoms. The molecule has 162 valence electrons. The van der Waals surface area contributed by atoms with Gasteiger partial charge in [0.15, 0.2) is 0 Å².